The second-order valence-corrected chi connectivity index (χ2v) is 8.26. The first-order chi connectivity index (χ1) is 13.9. The largest absolute Gasteiger partial charge is 0.300 e. The summed E-state index contributed by atoms with van der Waals surface area (Å²) in [6.45, 7) is 3.43. The van der Waals surface area contributed by atoms with Crippen molar-refractivity contribution in [1.29, 1.82) is 0 Å². The van der Waals surface area contributed by atoms with Crippen molar-refractivity contribution in [1.82, 2.24) is 9.88 Å². The minimum atomic E-state index is -0.967. The van der Waals surface area contributed by atoms with Gasteiger partial charge in [0.2, 0.25) is 5.91 Å². The number of imide groups is 1. The zero-order valence-electron chi connectivity index (χ0n) is 15.6. The number of carbonyl (C=O) groups is 3. The van der Waals surface area contributed by atoms with Gasteiger partial charge in [-0.1, -0.05) is 35.9 Å². The van der Waals surface area contributed by atoms with Crippen LogP contribution in [-0.4, -0.2) is 33.6 Å². The molecule has 1 aliphatic rings. The normalized spacial score (nSPS) is 14.1. The van der Waals surface area contributed by atoms with Crippen LogP contribution in [0.5, 0.6) is 0 Å². The van der Waals surface area contributed by atoms with Crippen molar-refractivity contribution < 1.29 is 14.4 Å². The van der Waals surface area contributed by atoms with Gasteiger partial charge in [-0.25, -0.2) is 4.98 Å². The third-order valence-corrected chi connectivity index (χ3v) is 5.87. The third kappa shape index (κ3) is 3.43. The van der Waals surface area contributed by atoms with Crippen molar-refractivity contribution in [3.8, 4) is 11.3 Å². The van der Waals surface area contributed by atoms with Crippen molar-refractivity contribution in [2.75, 3.05) is 5.32 Å². The van der Waals surface area contributed by atoms with E-state index >= 15 is 0 Å². The van der Waals surface area contributed by atoms with E-state index in [2.05, 4.69) is 10.3 Å². The number of aryl methyl sites for hydroxylation is 1. The van der Waals surface area contributed by atoms with E-state index in [1.54, 1.807) is 36.4 Å². The Hall–Kier alpha value is -3.03. The smallest absolute Gasteiger partial charge is 0.262 e. The highest BCUT2D eigenvalue weighted by atomic mass is 35.5. The van der Waals surface area contributed by atoms with E-state index in [1.165, 1.54) is 18.3 Å². The van der Waals surface area contributed by atoms with Gasteiger partial charge in [0.05, 0.1) is 16.8 Å². The lowest BCUT2D eigenvalue weighted by molar-refractivity contribution is -0.119. The molecule has 2 aromatic carbocycles. The van der Waals surface area contributed by atoms with E-state index in [-0.39, 0.29) is 0 Å². The highest BCUT2D eigenvalue weighted by Gasteiger charge is 2.40. The molecule has 6 nitrogen and oxygen atoms in total. The van der Waals surface area contributed by atoms with E-state index in [0.717, 1.165) is 21.0 Å². The number of benzene rings is 2. The fourth-order valence-corrected chi connectivity index (χ4v) is 4.18. The predicted octanol–water partition coefficient (Wildman–Crippen LogP) is 4.40. The van der Waals surface area contributed by atoms with Crippen molar-refractivity contribution in [3.63, 3.8) is 0 Å². The summed E-state index contributed by atoms with van der Waals surface area (Å²) in [5.41, 5.74) is 2.26. The Bertz CT molecular complexity index is 1110. The van der Waals surface area contributed by atoms with E-state index in [9.17, 15) is 14.4 Å². The number of hydrogen-bond acceptors (Lipinski definition) is 5. The molecule has 0 aliphatic carbocycles. The molecule has 0 fully saturated rings. The van der Waals surface area contributed by atoms with E-state index in [0.29, 0.717) is 21.3 Å². The van der Waals surface area contributed by atoms with Crippen LogP contribution in [0.3, 0.4) is 0 Å². The fraction of sp³-hybridized carbons (Fsp3) is 0.143. The zero-order valence-corrected chi connectivity index (χ0v) is 17.2. The SMILES string of the molecule is Cc1sc(NC(=O)[C@H](C)N2C(=O)c3ccccc3C2=O)nc1-c1ccc(Cl)cc1. The number of nitrogens with zero attached hydrogens (tertiary/aromatic N) is 2. The lowest BCUT2D eigenvalue weighted by Gasteiger charge is -2.21. The van der Waals surface area contributed by atoms with Crippen LogP contribution in [0.25, 0.3) is 11.3 Å². The maximum atomic E-state index is 12.7. The number of anilines is 1. The van der Waals surface area contributed by atoms with Crippen LogP contribution < -0.4 is 5.32 Å². The first-order valence-corrected chi connectivity index (χ1v) is 10.1. The van der Waals surface area contributed by atoms with Gasteiger partial charge in [-0.05, 0) is 38.1 Å². The quantitative estimate of drug-likeness (QED) is 0.628. The van der Waals surface area contributed by atoms with Crippen LogP contribution in [0.2, 0.25) is 5.02 Å². The topological polar surface area (TPSA) is 79.4 Å². The van der Waals surface area contributed by atoms with Gasteiger partial charge in [-0.2, -0.15) is 0 Å². The van der Waals surface area contributed by atoms with Crippen LogP contribution in [0.4, 0.5) is 5.13 Å². The molecular formula is C21H16ClN3O3S. The molecule has 0 bridgehead atoms. The van der Waals surface area contributed by atoms with Gasteiger partial charge < -0.3 is 5.32 Å². The lowest BCUT2D eigenvalue weighted by atomic mass is 10.1. The minimum absolute atomic E-state index is 0.312. The molecule has 0 radical (unpaired) electrons. The number of aromatic nitrogens is 1. The summed E-state index contributed by atoms with van der Waals surface area (Å²) in [4.78, 5) is 44.3. The van der Waals surface area contributed by atoms with Crippen molar-refractivity contribution in [2.45, 2.75) is 19.9 Å². The van der Waals surface area contributed by atoms with Crippen molar-refractivity contribution in [3.05, 3.63) is 69.6 Å². The molecule has 1 atom stereocenters. The molecule has 146 valence electrons. The molecule has 1 aliphatic heterocycles. The second kappa shape index (κ2) is 7.42. The summed E-state index contributed by atoms with van der Waals surface area (Å²) < 4.78 is 0. The molecule has 2 heterocycles. The van der Waals surface area contributed by atoms with Gasteiger partial charge in [0, 0.05) is 15.5 Å². The summed E-state index contributed by atoms with van der Waals surface area (Å²) in [6, 6.07) is 12.9. The highest BCUT2D eigenvalue weighted by Crippen LogP contribution is 2.31. The second-order valence-electron chi connectivity index (χ2n) is 6.62. The maximum absolute atomic E-state index is 12.7. The van der Waals surface area contributed by atoms with Crippen LogP contribution in [0.15, 0.2) is 48.5 Å². The Morgan fingerprint density at radius 1 is 1.07 bits per heavy atom. The first-order valence-electron chi connectivity index (χ1n) is 8.88. The molecule has 1 aromatic heterocycles. The van der Waals surface area contributed by atoms with Gasteiger partial charge in [0.25, 0.3) is 11.8 Å². The summed E-state index contributed by atoms with van der Waals surface area (Å²) in [7, 11) is 0. The number of hydrogen-bond donors (Lipinski definition) is 1. The Morgan fingerprint density at radius 2 is 1.66 bits per heavy atom. The Balaban J connectivity index is 1.53. The Labute approximate surface area is 176 Å². The van der Waals surface area contributed by atoms with Crippen LogP contribution in [-0.2, 0) is 4.79 Å². The average molecular weight is 426 g/mol. The number of halogens is 1. The van der Waals surface area contributed by atoms with Crippen molar-refractivity contribution >= 4 is 45.8 Å². The monoisotopic (exact) mass is 425 g/mol. The maximum Gasteiger partial charge on any atom is 0.262 e. The van der Waals surface area contributed by atoms with E-state index in [1.807, 2.05) is 19.1 Å². The van der Waals surface area contributed by atoms with Gasteiger partial charge in [0.15, 0.2) is 5.13 Å². The predicted molar refractivity (Wildman–Crippen MR) is 112 cm³/mol. The number of thiazole rings is 1. The van der Waals surface area contributed by atoms with Crippen molar-refractivity contribution in [2.24, 2.45) is 0 Å². The molecule has 3 aromatic rings. The van der Waals surface area contributed by atoms with Crippen LogP contribution >= 0.6 is 22.9 Å². The van der Waals surface area contributed by atoms with Gasteiger partial charge in [-0.15, -0.1) is 11.3 Å². The summed E-state index contributed by atoms with van der Waals surface area (Å²) in [6.07, 6.45) is 0. The molecular weight excluding hydrogens is 410 g/mol. The Morgan fingerprint density at radius 3 is 2.24 bits per heavy atom. The molecule has 3 amide bonds. The standard InChI is InChI=1S/C21H16ClN3O3S/c1-11(25-19(27)15-5-3-4-6-16(15)20(25)28)18(26)24-21-23-17(12(2)29-21)13-7-9-14(22)10-8-13/h3-11H,1-2H3,(H,23,24,26)/t11-/m0/s1. The molecule has 8 heteroatoms. The molecule has 0 saturated carbocycles. The van der Waals surface area contributed by atoms with Gasteiger partial charge in [0.1, 0.15) is 6.04 Å². The first kappa shape index (κ1) is 19.3. The zero-order chi connectivity index (χ0) is 20.7. The average Bonchev–Trinajstić information content (AvgIpc) is 3.19. The van der Waals surface area contributed by atoms with Crippen LogP contribution in [0.1, 0.15) is 32.5 Å². The molecule has 0 saturated heterocycles. The number of nitrogens with one attached hydrogen (secondary N) is 1. The van der Waals surface area contributed by atoms with E-state index < -0.39 is 23.8 Å². The molecule has 29 heavy (non-hydrogen) atoms. The highest BCUT2D eigenvalue weighted by molar-refractivity contribution is 7.16. The summed E-state index contributed by atoms with van der Waals surface area (Å²) >= 11 is 7.26. The number of carbonyl (C=O) groups excluding carboxylic acids is 3. The molecule has 0 unspecified atom stereocenters. The molecule has 0 spiro atoms. The molecule has 4 rings (SSSR count). The van der Waals surface area contributed by atoms with Gasteiger partial charge >= 0.3 is 0 Å². The van der Waals surface area contributed by atoms with Crippen LogP contribution in [0, 0.1) is 6.92 Å². The summed E-state index contributed by atoms with van der Waals surface area (Å²) in [5.74, 6) is -1.41. The van der Waals surface area contributed by atoms with E-state index in [4.69, 9.17) is 11.6 Å². The number of rotatable bonds is 4. The lowest BCUT2D eigenvalue weighted by Crippen LogP contribution is -2.45. The fourth-order valence-electron chi connectivity index (χ4n) is 3.21. The molecule has 1 N–H and O–H groups in total. The third-order valence-electron chi connectivity index (χ3n) is 4.74. The summed E-state index contributed by atoms with van der Waals surface area (Å²) in [5, 5.41) is 3.76. The number of amides is 3. The number of fused-ring (bicyclic) bond motifs is 1. The Kier molecular flexibility index (Phi) is 4.94. The minimum Gasteiger partial charge on any atom is -0.300 e. The van der Waals surface area contributed by atoms with Gasteiger partial charge in [-0.3, -0.25) is 19.3 Å².